The van der Waals surface area contributed by atoms with Gasteiger partial charge in [-0.25, -0.2) is 0 Å². The molecule has 1 aliphatic heterocycles. The molecule has 1 spiro atoms. The molecule has 0 N–H and O–H groups in total. The third-order valence-electron chi connectivity index (χ3n) is 13.3. The molecule has 2 aliphatic rings. The molecular weight excluding hydrogens is 793 g/mol. The van der Waals surface area contributed by atoms with Crippen molar-refractivity contribution in [1.82, 2.24) is 0 Å². The van der Waals surface area contributed by atoms with E-state index >= 15 is 0 Å². The second-order valence-electron chi connectivity index (χ2n) is 16.8. The second-order valence-corrected chi connectivity index (χ2v) is 16.8. The van der Waals surface area contributed by atoms with Crippen LogP contribution in [-0.2, 0) is 5.41 Å². The smallest absolute Gasteiger partial charge is 0.160 e. The van der Waals surface area contributed by atoms with Crippen LogP contribution in [0, 0.1) is 0 Å². The normalized spacial score (nSPS) is 12.9. The lowest BCUT2D eigenvalue weighted by Gasteiger charge is -2.40. The van der Waals surface area contributed by atoms with Crippen LogP contribution in [0.5, 0.6) is 11.5 Å². The first-order chi connectivity index (χ1) is 32.3. The minimum Gasteiger partial charge on any atom is -0.457 e. The summed E-state index contributed by atoms with van der Waals surface area (Å²) in [7, 11) is 0. The number of ether oxygens (including phenoxy) is 1. The van der Waals surface area contributed by atoms with E-state index in [0.717, 1.165) is 89.8 Å². The van der Waals surface area contributed by atoms with Crippen molar-refractivity contribution in [3.63, 3.8) is 0 Å². The summed E-state index contributed by atoms with van der Waals surface area (Å²) in [6, 6.07) is 86.5. The predicted molar refractivity (Wildman–Crippen MR) is 266 cm³/mol. The number of anilines is 6. The number of rotatable bonds is 7. The molecule has 0 atom stereocenters. The maximum Gasteiger partial charge on any atom is 0.160 e. The SMILES string of the molecule is c1ccc(N(c2ccc(-c3ccc(N(c4ccccc4)c4ccccc4)c4oc5ccccc5c34)cc2)c2ccc3c(c2)C2(c4ccccc4O3)c3ccccc3-c3ccccc32)cc1. The number of hydrogen-bond donors (Lipinski definition) is 0. The molecule has 0 fully saturated rings. The third kappa shape index (κ3) is 5.64. The number of furan rings is 1. The Kier molecular flexibility index (Phi) is 8.40. The third-order valence-corrected chi connectivity index (χ3v) is 13.3. The Labute approximate surface area is 377 Å². The van der Waals surface area contributed by atoms with Crippen LogP contribution in [0.2, 0.25) is 0 Å². The fourth-order valence-corrected chi connectivity index (χ4v) is 10.6. The van der Waals surface area contributed by atoms with Gasteiger partial charge in [-0.15, -0.1) is 0 Å². The van der Waals surface area contributed by atoms with Gasteiger partial charge in [-0.2, -0.15) is 0 Å². The maximum absolute atomic E-state index is 6.84. The largest absolute Gasteiger partial charge is 0.457 e. The maximum atomic E-state index is 6.84. The molecule has 65 heavy (non-hydrogen) atoms. The first-order valence-electron chi connectivity index (χ1n) is 22.2. The van der Waals surface area contributed by atoms with E-state index in [-0.39, 0.29) is 0 Å². The Bertz CT molecular complexity index is 3500. The highest BCUT2D eigenvalue weighted by Crippen LogP contribution is 2.62. The van der Waals surface area contributed by atoms with E-state index in [2.05, 4.69) is 246 Å². The van der Waals surface area contributed by atoms with E-state index < -0.39 is 5.41 Å². The minimum atomic E-state index is -0.568. The van der Waals surface area contributed by atoms with E-state index in [1.54, 1.807) is 0 Å². The Morgan fingerprint density at radius 1 is 0.338 bits per heavy atom. The number of fused-ring (bicyclic) bond motifs is 12. The van der Waals surface area contributed by atoms with Gasteiger partial charge in [0, 0.05) is 50.3 Å². The van der Waals surface area contributed by atoms with E-state index in [4.69, 9.17) is 9.15 Å². The average Bonchev–Trinajstić information content (AvgIpc) is 3.91. The summed E-state index contributed by atoms with van der Waals surface area (Å²) < 4.78 is 13.6. The summed E-state index contributed by atoms with van der Waals surface area (Å²) in [5.41, 5.74) is 16.9. The van der Waals surface area contributed by atoms with Crippen LogP contribution in [-0.4, -0.2) is 0 Å². The average molecular weight is 833 g/mol. The lowest BCUT2D eigenvalue weighted by atomic mass is 9.66. The van der Waals surface area contributed by atoms with Crippen molar-refractivity contribution in [1.29, 1.82) is 0 Å². The predicted octanol–water partition coefficient (Wildman–Crippen LogP) is 16.7. The van der Waals surface area contributed by atoms with Crippen LogP contribution in [0.3, 0.4) is 0 Å². The van der Waals surface area contributed by atoms with Gasteiger partial charge in [0.1, 0.15) is 17.1 Å². The first kappa shape index (κ1) is 37.0. The van der Waals surface area contributed by atoms with Gasteiger partial charge in [-0.05, 0) is 118 Å². The molecule has 1 aliphatic carbocycles. The molecule has 0 saturated heterocycles. The summed E-state index contributed by atoms with van der Waals surface area (Å²) in [6.07, 6.45) is 0. The Morgan fingerprint density at radius 2 is 0.846 bits per heavy atom. The monoisotopic (exact) mass is 832 g/mol. The van der Waals surface area contributed by atoms with Crippen molar-refractivity contribution in [2.75, 3.05) is 9.80 Å². The van der Waals surface area contributed by atoms with Gasteiger partial charge in [0.2, 0.25) is 0 Å². The van der Waals surface area contributed by atoms with Crippen molar-refractivity contribution < 1.29 is 9.15 Å². The van der Waals surface area contributed by atoms with E-state index in [0.29, 0.717) is 0 Å². The van der Waals surface area contributed by atoms with Gasteiger partial charge in [0.15, 0.2) is 5.58 Å². The molecule has 13 rings (SSSR count). The van der Waals surface area contributed by atoms with Crippen LogP contribution in [0.15, 0.2) is 247 Å². The van der Waals surface area contributed by atoms with Gasteiger partial charge in [0.25, 0.3) is 0 Å². The summed E-state index contributed by atoms with van der Waals surface area (Å²) >= 11 is 0. The molecule has 2 heterocycles. The number of benzene rings is 10. The highest BCUT2D eigenvalue weighted by molar-refractivity contribution is 6.17. The fourth-order valence-electron chi connectivity index (χ4n) is 10.6. The summed E-state index contributed by atoms with van der Waals surface area (Å²) in [4.78, 5) is 4.64. The van der Waals surface area contributed by atoms with Crippen molar-refractivity contribution in [3.05, 3.63) is 265 Å². The van der Waals surface area contributed by atoms with Crippen molar-refractivity contribution in [2.45, 2.75) is 5.41 Å². The molecule has 11 aromatic rings. The zero-order valence-corrected chi connectivity index (χ0v) is 35.3. The highest BCUT2D eigenvalue weighted by Gasteiger charge is 2.51. The molecule has 0 saturated carbocycles. The van der Waals surface area contributed by atoms with Crippen molar-refractivity contribution in [2.24, 2.45) is 0 Å². The van der Waals surface area contributed by atoms with Crippen LogP contribution >= 0.6 is 0 Å². The van der Waals surface area contributed by atoms with Crippen LogP contribution in [0.4, 0.5) is 34.1 Å². The highest BCUT2D eigenvalue weighted by atomic mass is 16.5. The lowest BCUT2D eigenvalue weighted by Crippen LogP contribution is -2.32. The Morgan fingerprint density at radius 3 is 1.51 bits per heavy atom. The topological polar surface area (TPSA) is 28.9 Å². The molecule has 1 aromatic heterocycles. The van der Waals surface area contributed by atoms with Crippen molar-refractivity contribution >= 4 is 56.1 Å². The molecule has 0 unspecified atom stereocenters. The molecule has 10 aromatic carbocycles. The standard InChI is InChI=1S/C61H40N2O2/c1-4-18-42(19-5-1)62(46-36-39-58-54(40-46)61(53-29-15-17-31-57(53)64-58)51-27-13-10-24-48(51)49-25-11-14-28-52(49)61)45-34-32-41(33-35-45)47-37-38-55(60-59(47)50-26-12-16-30-56(50)65-60)63(43-20-6-2-7-21-43)44-22-8-3-9-23-44/h1-40H. The zero-order chi connectivity index (χ0) is 42.9. The second kappa shape index (κ2) is 14.8. The fraction of sp³-hybridized carbons (Fsp3) is 0.0164. The Hall–Kier alpha value is -8.60. The quantitative estimate of drug-likeness (QED) is 0.160. The molecule has 4 heteroatoms. The summed E-state index contributed by atoms with van der Waals surface area (Å²) in [5.74, 6) is 1.75. The number of para-hydroxylation sites is 5. The summed E-state index contributed by atoms with van der Waals surface area (Å²) in [5, 5.41) is 2.16. The van der Waals surface area contributed by atoms with E-state index in [1.807, 2.05) is 6.07 Å². The van der Waals surface area contributed by atoms with Gasteiger partial charge in [0.05, 0.1) is 11.1 Å². The number of nitrogens with zero attached hydrogens (tertiary/aromatic N) is 2. The molecule has 0 radical (unpaired) electrons. The summed E-state index contributed by atoms with van der Waals surface area (Å²) in [6.45, 7) is 0. The first-order valence-corrected chi connectivity index (χ1v) is 22.2. The van der Waals surface area contributed by atoms with Crippen molar-refractivity contribution in [3.8, 4) is 33.8 Å². The van der Waals surface area contributed by atoms with Gasteiger partial charge in [-0.3, -0.25) is 0 Å². The van der Waals surface area contributed by atoms with Gasteiger partial charge >= 0.3 is 0 Å². The van der Waals surface area contributed by atoms with Crippen LogP contribution < -0.4 is 14.5 Å². The number of hydrogen-bond acceptors (Lipinski definition) is 4. The molecule has 4 nitrogen and oxygen atoms in total. The zero-order valence-electron chi connectivity index (χ0n) is 35.3. The van der Waals surface area contributed by atoms with Crippen LogP contribution in [0.1, 0.15) is 22.3 Å². The van der Waals surface area contributed by atoms with Gasteiger partial charge < -0.3 is 19.0 Å². The molecular formula is C61H40N2O2. The molecule has 306 valence electrons. The lowest BCUT2D eigenvalue weighted by molar-refractivity contribution is 0.436. The van der Waals surface area contributed by atoms with E-state index in [9.17, 15) is 0 Å². The Balaban J connectivity index is 0.970. The van der Waals surface area contributed by atoms with E-state index in [1.165, 1.54) is 22.3 Å². The molecule has 0 amide bonds. The van der Waals surface area contributed by atoms with Crippen LogP contribution in [0.25, 0.3) is 44.2 Å². The van der Waals surface area contributed by atoms with Gasteiger partial charge in [-0.1, -0.05) is 158 Å². The molecule has 0 bridgehead atoms. The minimum absolute atomic E-state index is 0.568.